The molecule has 240 valence electrons. The fourth-order valence-electron chi connectivity index (χ4n) is 4.91. The third kappa shape index (κ3) is 8.30. The van der Waals surface area contributed by atoms with Crippen LogP contribution >= 0.6 is 11.6 Å². The van der Waals surface area contributed by atoms with E-state index in [0.717, 1.165) is 5.56 Å². The summed E-state index contributed by atoms with van der Waals surface area (Å²) in [5, 5.41) is 6.54. The number of methoxy groups -OCH3 is 4. The zero-order chi connectivity index (χ0) is 32.4. The number of halogens is 4. The Kier molecular flexibility index (Phi) is 12.1. The second kappa shape index (κ2) is 16.0. The van der Waals surface area contributed by atoms with Crippen LogP contribution in [0.1, 0.15) is 16.7 Å². The molecular formula is C33H36ClF3N4O4. The van der Waals surface area contributed by atoms with Crippen LogP contribution in [0.15, 0.2) is 60.8 Å². The molecule has 0 radical (unpaired) electrons. The van der Waals surface area contributed by atoms with Crippen LogP contribution in [0, 0.1) is 0 Å². The molecule has 45 heavy (non-hydrogen) atoms. The topological polar surface area (TPSA) is 86.8 Å². The second-order valence-electron chi connectivity index (χ2n) is 9.98. The SMILES string of the molecule is COCCNCc1ccc(-c2nccc(-c3cccc(-c4ccc(CNCCOC)c(OC)n4)c3C(F)(F)F)c2Cl)cc1OC. The smallest absolute Gasteiger partial charge is 0.417 e. The van der Waals surface area contributed by atoms with Crippen LogP contribution in [0.5, 0.6) is 11.6 Å². The largest absolute Gasteiger partial charge is 0.496 e. The molecule has 8 nitrogen and oxygen atoms in total. The van der Waals surface area contributed by atoms with Crippen molar-refractivity contribution in [2.45, 2.75) is 19.3 Å². The van der Waals surface area contributed by atoms with E-state index in [4.69, 9.17) is 30.5 Å². The standard InChI is InChI=1S/C33H36ClF3N4O4/c1-42-16-14-38-19-22-9-8-21(18-28(22)44-3)31-30(34)25(12-13-40-31)24-6-5-7-26(29(24)33(35,36)37)27-11-10-23(32(41-27)45-4)20-39-15-17-43-2/h5-13,18,38-39H,14-17,19-20H2,1-4H3. The molecule has 0 saturated carbocycles. The summed E-state index contributed by atoms with van der Waals surface area (Å²) in [5.74, 6) is 0.822. The van der Waals surface area contributed by atoms with E-state index in [-0.39, 0.29) is 33.3 Å². The molecule has 12 heteroatoms. The molecule has 4 rings (SSSR count). The van der Waals surface area contributed by atoms with Gasteiger partial charge >= 0.3 is 6.18 Å². The van der Waals surface area contributed by atoms with Crippen molar-refractivity contribution in [3.05, 3.63) is 82.5 Å². The Morgan fingerprint density at radius 1 is 0.778 bits per heavy atom. The summed E-state index contributed by atoms with van der Waals surface area (Å²) < 4.78 is 65.7. The van der Waals surface area contributed by atoms with Crippen LogP contribution in [0.4, 0.5) is 13.2 Å². The van der Waals surface area contributed by atoms with Gasteiger partial charge in [0.1, 0.15) is 5.75 Å². The van der Waals surface area contributed by atoms with Crippen LogP contribution < -0.4 is 20.1 Å². The average Bonchev–Trinajstić information content (AvgIpc) is 3.04. The number of nitrogens with zero attached hydrogens (tertiary/aromatic N) is 2. The molecule has 0 unspecified atom stereocenters. The Labute approximate surface area is 265 Å². The Morgan fingerprint density at radius 2 is 1.44 bits per heavy atom. The Balaban J connectivity index is 1.75. The maximum Gasteiger partial charge on any atom is 0.417 e. The molecule has 0 aliphatic carbocycles. The molecule has 2 aromatic heterocycles. The highest BCUT2D eigenvalue weighted by Gasteiger charge is 2.38. The lowest BCUT2D eigenvalue weighted by Gasteiger charge is -2.20. The molecular weight excluding hydrogens is 609 g/mol. The minimum atomic E-state index is -4.73. The zero-order valence-electron chi connectivity index (χ0n) is 25.6. The van der Waals surface area contributed by atoms with Gasteiger partial charge in [-0.3, -0.25) is 4.98 Å². The predicted octanol–water partition coefficient (Wildman–Crippen LogP) is 6.64. The molecule has 0 atom stereocenters. The first-order valence-electron chi connectivity index (χ1n) is 14.2. The van der Waals surface area contributed by atoms with E-state index in [1.165, 1.54) is 31.5 Å². The van der Waals surface area contributed by atoms with Crippen molar-refractivity contribution >= 4 is 11.6 Å². The molecule has 2 N–H and O–H groups in total. The number of nitrogens with one attached hydrogen (secondary N) is 2. The van der Waals surface area contributed by atoms with Crippen LogP contribution in [0.25, 0.3) is 33.6 Å². The summed E-state index contributed by atoms with van der Waals surface area (Å²) in [6.45, 7) is 3.29. The Morgan fingerprint density at radius 3 is 2.09 bits per heavy atom. The van der Waals surface area contributed by atoms with E-state index in [2.05, 4.69) is 20.6 Å². The zero-order valence-corrected chi connectivity index (χ0v) is 26.3. The summed E-state index contributed by atoms with van der Waals surface area (Å²) in [6.07, 6.45) is -3.28. The van der Waals surface area contributed by atoms with Gasteiger partial charge in [0.2, 0.25) is 5.88 Å². The number of aromatic nitrogens is 2. The molecule has 0 saturated heterocycles. The van der Waals surface area contributed by atoms with Gasteiger partial charge in [-0.2, -0.15) is 13.2 Å². The van der Waals surface area contributed by atoms with Gasteiger partial charge in [-0.05, 0) is 23.8 Å². The highest BCUT2D eigenvalue weighted by atomic mass is 35.5. The van der Waals surface area contributed by atoms with E-state index in [0.29, 0.717) is 62.0 Å². The summed E-state index contributed by atoms with van der Waals surface area (Å²) in [6, 6.07) is 14.6. The molecule has 0 amide bonds. The van der Waals surface area contributed by atoms with Gasteiger partial charge in [0.15, 0.2) is 0 Å². The molecule has 4 aromatic rings. The normalized spacial score (nSPS) is 11.6. The van der Waals surface area contributed by atoms with Crippen molar-refractivity contribution in [3.8, 4) is 45.3 Å². The molecule has 0 aliphatic heterocycles. The Hall–Kier alpha value is -3.74. The number of alkyl halides is 3. The monoisotopic (exact) mass is 644 g/mol. The number of benzene rings is 2. The molecule has 0 fully saturated rings. The van der Waals surface area contributed by atoms with Crippen LogP contribution in [0.3, 0.4) is 0 Å². The number of pyridine rings is 2. The van der Waals surface area contributed by atoms with Crippen molar-refractivity contribution in [2.24, 2.45) is 0 Å². The fourth-order valence-corrected chi connectivity index (χ4v) is 5.23. The molecule has 0 spiro atoms. The first kappa shape index (κ1) is 34.1. The van der Waals surface area contributed by atoms with Crippen molar-refractivity contribution in [1.82, 2.24) is 20.6 Å². The van der Waals surface area contributed by atoms with Gasteiger partial charge in [0.05, 0.1) is 49.4 Å². The summed E-state index contributed by atoms with van der Waals surface area (Å²) >= 11 is 6.84. The fraction of sp³-hybridized carbons (Fsp3) is 0.333. The maximum atomic E-state index is 14.9. The van der Waals surface area contributed by atoms with Crippen molar-refractivity contribution in [2.75, 3.05) is 54.7 Å². The molecule has 2 aromatic carbocycles. The van der Waals surface area contributed by atoms with Crippen LogP contribution in [-0.2, 0) is 28.7 Å². The number of rotatable bonds is 15. The Bertz CT molecular complexity index is 1590. The third-order valence-electron chi connectivity index (χ3n) is 7.09. The number of hydrogen-bond donors (Lipinski definition) is 2. The van der Waals surface area contributed by atoms with Crippen molar-refractivity contribution in [1.29, 1.82) is 0 Å². The lowest BCUT2D eigenvalue weighted by atomic mass is 9.92. The molecule has 0 bridgehead atoms. The van der Waals surface area contributed by atoms with Gasteiger partial charge in [-0.1, -0.05) is 48.0 Å². The van der Waals surface area contributed by atoms with E-state index < -0.39 is 11.7 Å². The quantitative estimate of drug-likeness (QED) is 0.139. The summed E-state index contributed by atoms with van der Waals surface area (Å²) in [4.78, 5) is 8.87. The first-order chi connectivity index (χ1) is 21.7. The number of ether oxygens (including phenoxy) is 4. The van der Waals surface area contributed by atoms with E-state index in [1.54, 1.807) is 45.6 Å². The van der Waals surface area contributed by atoms with Gasteiger partial charge < -0.3 is 29.6 Å². The van der Waals surface area contributed by atoms with Crippen molar-refractivity contribution in [3.63, 3.8) is 0 Å². The highest BCUT2D eigenvalue weighted by Crippen LogP contribution is 2.46. The molecule has 0 aliphatic rings. The second-order valence-corrected chi connectivity index (χ2v) is 10.4. The third-order valence-corrected chi connectivity index (χ3v) is 7.48. The van der Waals surface area contributed by atoms with E-state index in [1.807, 2.05) is 12.1 Å². The van der Waals surface area contributed by atoms with Gasteiger partial charge in [0, 0.05) is 74.4 Å². The maximum absolute atomic E-state index is 14.9. The lowest BCUT2D eigenvalue weighted by molar-refractivity contribution is -0.136. The van der Waals surface area contributed by atoms with Gasteiger partial charge in [-0.15, -0.1) is 0 Å². The molecule has 2 heterocycles. The number of hydrogen-bond acceptors (Lipinski definition) is 8. The van der Waals surface area contributed by atoms with Crippen molar-refractivity contribution < 1.29 is 32.1 Å². The minimum Gasteiger partial charge on any atom is -0.496 e. The van der Waals surface area contributed by atoms with Crippen LogP contribution in [-0.4, -0.2) is 64.7 Å². The average molecular weight is 645 g/mol. The van der Waals surface area contributed by atoms with E-state index >= 15 is 0 Å². The first-order valence-corrected chi connectivity index (χ1v) is 14.6. The van der Waals surface area contributed by atoms with Gasteiger partial charge in [0.25, 0.3) is 0 Å². The van der Waals surface area contributed by atoms with Gasteiger partial charge in [-0.25, -0.2) is 4.98 Å². The van der Waals surface area contributed by atoms with Crippen LogP contribution in [0.2, 0.25) is 5.02 Å². The summed E-state index contributed by atoms with van der Waals surface area (Å²) in [5.41, 5.74) is 1.79. The summed E-state index contributed by atoms with van der Waals surface area (Å²) in [7, 11) is 6.22. The minimum absolute atomic E-state index is 0.0798. The predicted molar refractivity (Wildman–Crippen MR) is 169 cm³/mol. The highest BCUT2D eigenvalue weighted by molar-refractivity contribution is 6.35. The van der Waals surface area contributed by atoms with E-state index in [9.17, 15) is 13.2 Å². The lowest BCUT2D eigenvalue weighted by Crippen LogP contribution is -2.19.